The first kappa shape index (κ1) is 33.0. The molecule has 6 nitrogen and oxygen atoms in total. The van der Waals surface area contributed by atoms with Gasteiger partial charge in [0.2, 0.25) is 0 Å². The van der Waals surface area contributed by atoms with Crippen LogP contribution in [0.15, 0.2) is 97.3 Å². The molecule has 0 amide bonds. The van der Waals surface area contributed by atoms with Crippen molar-refractivity contribution in [3.05, 3.63) is 97.3 Å². The second-order valence-corrected chi connectivity index (χ2v) is 7.20. The van der Waals surface area contributed by atoms with E-state index in [2.05, 4.69) is 46.4 Å². The van der Waals surface area contributed by atoms with Crippen LogP contribution in [0, 0.1) is 0 Å². The number of halogens is 6. The Hall–Kier alpha value is -4.08. The molecule has 4 aromatic rings. The summed E-state index contributed by atoms with van der Waals surface area (Å²) in [5.41, 5.74) is 6.42. The second-order valence-electron chi connectivity index (χ2n) is 7.20. The minimum absolute atomic E-state index is 0. The molecule has 0 atom stereocenters. The number of aliphatic carboxylic acids is 2. The van der Waals surface area contributed by atoms with Gasteiger partial charge in [0.1, 0.15) is 0 Å². The molecule has 0 aliphatic carbocycles. The van der Waals surface area contributed by atoms with Crippen molar-refractivity contribution < 1.29 is 66.6 Å². The van der Waals surface area contributed by atoms with Crippen molar-refractivity contribution in [2.45, 2.75) is 12.4 Å². The number of rotatable bonds is 3. The number of carboxylic acids is 2. The average Bonchev–Trinajstić information content (AvgIpc) is 2.89. The van der Waals surface area contributed by atoms with E-state index in [4.69, 9.17) is 19.8 Å². The zero-order chi connectivity index (χ0) is 28.3. The minimum Gasteiger partial charge on any atom is -0.475 e. The van der Waals surface area contributed by atoms with E-state index < -0.39 is 24.3 Å². The van der Waals surface area contributed by atoms with Crippen LogP contribution in [0.3, 0.4) is 0 Å². The molecular formula is C26H18F6N2O4Pd. The summed E-state index contributed by atoms with van der Waals surface area (Å²) < 4.78 is 63.5. The number of aromatic nitrogens is 2. The van der Waals surface area contributed by atoms with Crippen molar-refractivity contribution in [1.82, 2.24) is 9.97 Å². The van der Waals surface area contributed by atoms with E-state index in [1.165, 1.54) is 11.1 Å². The Morgan fingerprint density at radius 3 is 1.08 bits per heavy atom. The molecule has 2 aromatic carbocycles. The van der Waals surface area contributed by atoms with E-state index >= 15 is 0 Å². The number of carbonyl (C=O) groups is 2. The molecule has 0 fully saturated rings. The molecule has 0 radical (unpaired) electrons. The maximum absolute atomic E-state index is 10.6. The summed E-state index contributed by atoms with van der Waals surface area (Å²) in [5, 5.41) is 14.2. The molecular weight excluding hydrogens is 625 g/mol. The topological polar surface area (TPSA) is 100 Å². The van der Waals surface area contributed by atoms with Gasteiger partial charge >= 0.3 is 24.3 Å². The SMILES string of the molecule is O=C(O)C(F)(F)F.O=C(O)C(F)(F)F.[Pd].c1ccc(-c2ccnc(-c3cc(-c4ccccc4)ccn3)c2)cc1. The predicted molar refractivity (Wildman–Crippen MR) is 126 cm³/mol. The van der Waals surface area contributed by atoms with E-state index in [9.17, 15) is 26.3 Å². The standard InChI is InChI=1S/C22H16N2.2C2HF3O2.Pd/c1-3-7-17(8-4-1)19-11-13-23-21(15-19)22-16-20(12-14-24-22)18-9-5-2-6-10-18;2*3-2(4,5)1(6)7;/h1-16H;2*(H,6,7);. The average molecular weight is 643 g/mol. The minimum atomic E-state index is -5.08. The molecule has 208 valence electrons. The normalized spacial score (nSPS) is 10.5. The number of hydrogen-bond acceptors (Lipinski definition) is 4. The molecule has 4 rings (SSSR count). The Bertz CT molecular complexity index is 1250. The number of hydrogen-bond donors (Lipinski definition) is 2. The van der Waals surface area contributed by atoms with Crippen molar-refractivity contribution in [2.75, 3.05) is 0 Å². The van der Waals surface area contributed by atoms with Gasteiger partial charge in [-0.15, -0.1) is 0 Å². The quantitative estimate of drug-likeness (QED) is 0.190. The Morgan fingerprint density at radius 1 is 0.538 bits per heavy atom. The first-order chi connectivity index (χ1) is 17.8. The van der Waals surface area contributed by atoms with Crippen molar-refractivity contribution in [2.24, 2.45) is 0 Å². The molecule has 0 bridgehead atoms. The number of benzene rings is 2. The van der Waals surface area contributed by atoms with Crippen molar-refractivity contribution in [1.29, 1.82) is 0 Å². The van der Waals surface area contributed by atoms with Crippen LogP contribution in [-0.4, -0.2) is 44.5 Å². The van der Waals surface area contributed by atoms with Gasteiger partial charge in [-0.25, -0.2) is 9.59 Å². The van der Waals surface area contributed by atoms with E-state index in [1.807, 2.05) is 60.9 Å². The van der Waals surface area contributed by atoms with Gasteiger partial charge in [0.15, 0.2) is 0 Å². The van der Waals surface area contributed by atoms with Gasteiger partial charge in [0.25, 0.3) is 0 Å². The van der Waals surface area contributed by atoms with E-state index in [0.717, 1.165) is 22.5 Å². The number of carboxylic acid groups (broad SMARTS) is 2. The molecule has 0 unspecified atom stereocenters. The fraction of sp³-hybridized carbons (Fsp3) is 0.0769. The zero-order valence-corrected chi connectivity index (χ0v) is 21.0. The van der Waals surface area contributed by atoms with Crippen LogP contribution in [0.4, 0.5) is 26.3 Å². The predicted octanol–water partition coefficient (Wildman–Crippen LogP) is 6.74. The van der Waals surface area contributed by atoms with Crippen LogP contribution in [0.2, 0.25) is 0 Å². The third-order valence-corrected chi connectivity index (χ3v) is 4.48. The third kappa shape index (κ3) is 11.1. The molecule has 2 N–H and O–H groups in total. The Morgan fingerprint density at radius 2 is 0.821 bits per heavy atom. The van der Waals surface area contributed by atoms with E-state index in [0.29, 0.717) is 0 Å². The fourth-order valence-electron chi connectivity index (χ4n) is 2.76. The summed E-state index contributed by atoms with van der Waals surface area (Å²) in [6, 6.07) is 28.9. The number of alkyl halides is 6. The molecule has 2 aromatic heterocycles. The first-order valence-electron chi connectivity index (χ1n) is 10.4. The monoisotopic (exact) mass is 642 g/mol. The van der Waals surface area contributed by atoms with Crippen LogP contribution in [-0.2, 0) is 30.0 Å². The Kier molecular flexibility index (Phi) is 12.5. The molecule has 2 heterocycles. The maximum Gasteiger partial charge on any atom is 0.490 e. The molecule has 0 aliphatic rings. The van der Waals surface area contributed by atoms with E-state index in [-0.39, 0.29) is 20.4 Å². The summed E-state index contributed by atoms with van der Waals surface area (Å²) in [6.07, 6.45) is -6.48. The summed E-state index contributed by atoms with van der Waals surface area (Å²) in [5.74, 6) is -5.51. The van der Waals surface area contributed by atoms with Crippen LogP contribution in [0.5, 0.6) is 0 Å². The molecule has 0 saturated carbocycles. The number of nitrogens with zero attached hydrogens (tertiary/aromatic N) is 2. The van der Waals surface area contributed by atoms with Crippen LogP contribution < -0.4 is 0 Å². The molecule has 13 heteroatoms. The van der Waals surface area contributed by atoms with Crippen molar-refractivity contribution in [3.63, 3.8) is 0 Å². The third-order valence-electron chi connectivity index (χ3n) is 4.48. The van der Waals surface area contributed by atoms with Crippen LogP contribution in [0.1, 0.15) is 0 Å². The summed E-state index contributed by atoms with van der Waals surface area (Å²) in [6.45, 7) is 0. The van der Waals surface area contributed by atoms with Crippen LogP contribution >= 0.6 is 0 Å². The summed E-state index contributed by atoms with van der Waals surface area (Å²) in [4.78, 5) is 26.8. The summed E-state index contributed by atoms with van der Waals surface area (Å²) in [7, 11) is 0. The first-order valence-corrected chi connectivity index (χ1v) is 10.4. The van der Waals surface area contributed by atoms with Gasteiger partial charge < -0.3 is 10.2 Å². The van der Waals surface area contributed by atoms with Gasteiger partial charge in [-0.2, -0.15) is 26.3 Å². The second kappa shape index (κ2) is 14.8. The largest absolute Gasteiger partial charge is 0.490 e. The van der Waals surface area contributed by atoms with Crippen molar-refractivity contribution in [3.8, 4) is 33.6 Å². The Labute approximate surface area is 231 Å². The van der Waals surface area contributed by atoms with Crippen molar-refractivity contribution >= 4 is 11.9 Å². The van der Waals surface area contributed by atoms with Crippen LogP contribution in [0.25, 0.3) is 33.6 Å². The number of pyridine rings is 2. The summed E-state index contributed by atoms with van der Waals surface area (Å²) >= 11 is 0. The maximum atomic E-state index is 10.6. The van der Waals surface area contributed by atoms with Gasteiger partial charge in [-0.3, -0.25) is 9.97 Å². The van der Waals surface area contributed by atoms with E-state index in [1.54, 1.807) is 0 Å². The smallest absolute Gasteiger partial charge is 0.475 e. The fourth-order valence-corrected chi connectivity index (χ4v) is 2.76. The van der Waals surface area contributed by atoms with Gasteiger partial charge in [-0.1, -0.05) is 60.7 Å². The molecule has 0 saturated heterocycles. The molecule has 39 heavy (non-hydrogen) atoms. The Balaban J connectivity index is 0.000000424. The van der Waals surface area contributed by atoms with Gasteiger partial charge in [0, 0.05) is 32.8 Å². The van der Waals surface area contributed by atoms with Gasteiger partial charge in [-0.05, 0) is 46.5 Å². The molecule has 0 aliphatic heterocycles. The molecule has 0 spiro atoms. The zero-order valence-electron chi connectivity index (χ0n) is 19.4. The van der Waals surface area contributed by atoms with Gasteiger partial charge in [0.05, 0.1) is 11.4 Å².